The molecule has 0 radical (unpaired) electrons. The van der Waals surface area contributed by atoms with Gasteiger partial charge in [-0.25, -0.2) is 9.97 Å². The first-order valence-electron chi connectivity index (χ1n) is 16.5. The fourth-order valence-electron chi connectivity index (χ4n) is 7.62. The number of aryl methyl sites for hydroxylation is 1. The van der Waals surface area contributed by atoms with Gasteiger partial charge in [0.05, 0.1) is 34.0 Å². The summed E-state index contributed by atoms with van der Waals surface area (Å²) in [6, 6.07) is 49.7. The van der Waals surface area contributed by atoms with Crippen LogP contribution >= 0.6 is 0 Å². The van der Waals surface area contributed by atoms with Crippen molar-refractivity contribution in [2.45, 2.75) is 6.92 Å². The van der Waals surface area contributed by atoms with Gasteiger partial charge < -0.3 is 9.13 Å². The highest BCUT2D eigenvalue weighted by molar-refractivity contribution is 6.13. The lowest BCUT2D eigenvalue weighted by Crippen LogP contribution is -1.96. The highest BCUT2D eigenvalue weighted by Gasteiger charge is 2.18. The van der Waals surface area contributed by atoms with Crippen molar-refractivity contribution in [3.8, 4) is 33.8 Å². The van der Waals surface area contributed by atoms with E-state index < -0.39 is 0 Å². The van der Waals surface area contributed by atoms with Crippen LogP contribution in [0.3, 0.4) is 0 Å². The molecule has 0 saturated heterocycles. The van der Waals surface area contributed by atoms with Gasteiger partial charge in [0.1, 0.15) is 0 Å². The Morgan fingerprint density at radius 2 is 1.12 bits per heavy atom. The first-order valence-corrected chi connectivity index (χ1v) is 16.5. The Morgan fingerprint density at radius 1 is 0.449 bits per heavy atom. The fourth-order valence-corrected chi connectivity index (χ4v) is 7.62. The van der Waals surface area contributed by atoms with Crippen LogP contribution in [0.1, 0.15) is 5.56 Å². The molecule has 230 valence electrons. The molecule has 0 aliphatic heterocycles. The topological polar surface area (TPSA) is 48.5 Å². The molecule has 0 saturated carbocycles. The van der Waals surface area contributed by atoms with Gasteiger partial charge in [-0.05, 0) is 96.4 Å². The summed E-state index contributed by atoms with van der Waals surface area (Å²) in [4.78, 5) is 14.0. The smallest absolute Gasteiger partial charge is 0.159 e. The summed E-state index contributed by atoms with van der Waals surface area (Å²) < 4.78 is 4.70. The van der Waals surface area contributed by atoms with Gasteiger partial charge in [-0.1, -0.05) is 66.7 Å². The lowest BCUT2D eigenvalue weighted by atomic mass is 10.0. The Hall–Kier alpha value is -6.59. The van der Waals surface area contributed by atoms with E-state index in [2.05, 4.69) is 159 Å². The van der Waals surface area contributed by atoms with E-state index in [-0.39, 0.29) is 0 Å². The van der Waals surface area contributed by atoms with Gasteiger partial charge in [-0.2, -0.15) is 0 Å². The molecule has 0 atom stereocenters. The van der Waals surface area contributed by atoms with Gasteiger partial charge in [0, 0.05) is 56.3 Å². The van der Waals surface area contributed by atoms with E-state index in [9.17, 15) is 0 Å². The maximum atomic E-state index is 5.08. The summed E-state index contributed by atoms with van der Waals surface area (Å²) in [5.74, 6) is 0. The number of nitrogens with zero attached hydrogens (tertiary/aromatic N) is 5. The van der Waals surface area contributed by atoms with Crippen LogP contribution < -0.4 is 0 Å². The number of rotatable bonds is 4. The molecule has 0 amide bonds. The zero-order valence-corrected chi connectivity index (χ0v) is 26.7. The molecule has 5 aromatic heterocycles. The van der Waals surface area contributed by atoms with Crippen molar-refractivity contribution in [1.82, 2.24) is 24.1 Å². The van der Waals surface area contributed by atoms with E-state index in [1.54, 1.807) is 6.20 Å². The molecule has 0 aliphatic carbocycles. The molecule has 0 N–H and O–H groups in total. The van der Waals surface area contributed by atoms with Crippen LogP contribution in [-0.4, -0.2) is 24.1 Å². The lowest BCUT2D eigenvalue weighted by molar-refractivity contribution is 1.16. The number of pyridine rings is 3. The van der Waals surface area contributed by atoms with Crippen molar-refractivity contribution in [1.29, 1.82) is 0 Å². The van der Waals surface area contributed by atoms with Gasteiger partial charge in [0.2, 0.25) is 0 Å². The second kappa shape index (κ2) is 10.7. The molecular formula is C44H29N5. The van der Waals surface area contributed by atoms with Gasteiger partial charge >= 0.3 is 0 Å². The molecule has 0 bridgehead atoms. The van der Waals surface area contributed by atoms with Crippen LogP contribution in [0, 0.1) is 6.92 Å². The third-order valence-electron chi connectivity index (χ3n) is 9.78. The Morgan fingerprint density at radius 3 is 1.94 bits per heavy atom. The number of fused-ring (bicyclic) bond motifs is 7. The maximum Gasteiger partial charge on any atom is 0.159 e. The molecule has 0 unspecified atom stereocenters. The first kappa shape index (κ1) is 27.5. The monoisotopic (exact) mass is 627 g/mol. The SMILES string of the molecule is Cc1cc(-c2cc3c4ccccc4n(-c4ccccc4)c3cn2)cc2c3ccccc3n(-c3ccc(-c4ccnc5ncccc45)cc3)c12. The van der Waals surface area contributed by atoms with Crippen molar-refractivity contribution in [2.24, 2.45) is 0 Å². The summed E-state index contributed by atoms with van der Waals surface area (Å²) in [7, 11) is 0. The number of hydrogen-bond acceptors (Lipinski definition) is 3. The van der Waals surface area contributed by atoms with E-state index in [0.29, 0.717) is 0 Å². The van der Waals surface area contributed by atoms with Crippen LogP contribution in [0.15, 0.2) is 158 Å². The van der Waals surface area contributed by atoms with Crippen LogP contribution in [-0.2, 0) is 0 Å². The quantitative estimate of drug-likeness (QED) is 0.195. The van der Waals surface area contributed by atoms with E-state index in [1.165, 1.54) is 43.7 Å². The summed E-state index contributed by atoms with van der Waals surface area (Å²) in [6.07, 6.45) is 5.65. The van der Waals surface area contributed by atoms with Crippen molar-refractivity contribution in [2.75, 3.05) is 0 Å². The highest BCUT2D eigenvalue weighted by atomic mass is 15.0. The molecule has 10 rings (SSSR count). The van der Waals surface area contributed by atoms with Crippen LogP contribution in [0.5, 0.6) is 0 Å². The van der Waals surface area contributed by atoms with E-state index in [1.807, 2.05) is 18.5 Å². The summed E-state index contributed by atoms with van der Waals surface area (Å²) in [5.41, 5.74) is 13.2. The zero-order valence-electron chi connectivity index (χ0n) is 26.7. The van der Waals surface area contributed by atoms with E-state index in [0.717, 1.165) is 50.3 Å². The standard InChI is InChI=1S/C44H29N5/c1-28-24-30(39-26-37-34-12-5-7-15-40(34)48(42(37)27-47-39)31-10-3-2-4-11-31)25-38-35-13-6-8-16-41(35)49(43(28)38)32-19-17-29(18-20-32)33-21-23-46-44-36(33)14-9-22-45-44/h2-27H,1H3. The molecule has 5 aromatic carbocycles. The third kappa shape index (κ3) is 4.22. The van der Waals surface area contributed by atoms with Crippen molar-refractivity contribution < 1.29 is 0 Å². The van der Waals surface area contributed by atoms with Crippen molar-refractivity contribution in [3.63, 3.8) is 0 Å². The minimum Gasteiger partial charge on any atom is -0.309 e. The molecule has 0 spiro atoms. The summed E-state index contributed by atoms with van der Waals surface area (Å²) >= 11 is 0. The molecule has 0 fully saturated rings. The Labute approximate surface area is 282 Å². The fraction of sp³-hybridized carbons (Fsp3) is 0.0227. The highest BCUT2D eigenvalue weighted by Crippen LogP contribution is 2.39. The average Bonchev–Trinajstić information content (AvgIpc) is 3.68. The number of para-hydroxylation sites is 3. The predicted molar refractivity (Wildman–Crippen MR) is 202 cm³/mol. The molecule has 5 nitrogen and oxygen atoms in total. The maximum absolute atomic E-state index is 5.08. The minimum absolute atomic E-state index is 0.758. The van der Waals surface area contributed by atoms with E-state index in [4.69, 9.17) is 4.98 Å². The second-order valence-corrected chi connectivity index (χ2v) is 12.6. The van der Waals surface area contributed by atoms with Gasteiger partial charge in [0.25, 0.3) is 0 Å². The van der Waals surface area contributed by atoms with Crippen molar-refractivity contribution in [3.05, 3.63) is 164 Å². The number of benzene rings is 5. The predicted octanol–water partition coefficient (Wildman–Crippen LogP) is 10.9. The number of hydrogen-bond donors (Lipinski definition) is 0. The molecule has 10 aromatic rings. The van der Waals surface area contributed by atoms with Crippen molar-refractivity contribution >= 4 is 54.6 Å². The summed E-state index contributed by atoms with van der Waals surface area (Å²) in [5, 5.41) is 5.91. The van der Waals surface area contributed by atoms with Crippen LogP contribution in [0.4, 0.5) is 0 Å². The Balaban J connectivity index is 1.13. The Bertz CT molecular complexity index is 2880. The van der Waals surface area contributed by atoms with Gasteiger partial charge in [-0.15, -0.1) is 0 Å². The van der Waals surface area contributed by atoms with Crippen LogP contribution in [0.2, 0.25) is 0 Å². The minimum atomic E-state index is 0.758. The summed E-state index contributed by atoms with van der Waals surface area (Å²) in [6.45, 7) is 2.21. The normalized spacial score (nSPS) is 11.8. The second-order valence-electron chi connectivity index (χ2n) is 12.6. The molecular weight excluding hydrogens is 599 g/mol. The molecule has 49 heavy (non-hydrogen) atoms. The molecule has 5 heteroatoms. The van der Waals surface area contributed by atoms with Gasteiger partial charge in [0.15, 0.2) is 5.65 Å². The molecule has 0 aliphatic rings. The zero-order chi connectivity index (χ0) is 32.5. The van der Waals surface area contributed by atoms with Crippen LogP contribution in [0.25, 0.3) is 88.4 Å². The first-order chi connectivity index (χ1) is 24.2. The third-order valence-corrected chi connectivity index (χ3v) is 9.78. The number of aromatic nitrogens is 5. The average molecular weight is 628 g/mol. The Kier molecular flexibility index (Phi) is 6.02. The largest absolute Gasteiger partial charge is 0.309 e. The van der Waals surface area contributed by atoms with E-state index >= 15 is 0 Å². The van der Waals surface area contributed by atoms with Gasteiger partial charge in [-0.3, -0.25) is 4.98 Å². The molecule has 5 heterocycles. The lowest BCUT2D eigenvalue weighted by Gasteiger charge is -2.12.